The van der Waals surface area contributed by atoms with Crippen molar-refractivity contribution in [3.05, 3.63) is 29.8 Å². The second-order valence-corrected chi connectivity index (χ2v) is 4.45. The number of hydrogen-bond acceptors (Lipinski definition) is 5. The van der Waals surface area contributed by atoms with Crippen molar-refractivity contribution in [3.8, 4) is 0 Å². The van der Waals surface area contributed by atoms with Gasteiger partial charge in [-0.1, -0.05) is 18.2 Å². The predicted octanol–water partition coefficient (Wildman–Crippen LogP) is -0.0756. The van der Waals surface area contributed by atoms with E-state index in [9.17, 15) is 9.59 Å². The van der Waals surface area contributed by atoms with Crippen LogP contribution in [0, 0.1) is 0 Å². The van der Waals surface area contributed by atoms with Crippen LogP contribution in [0.1, 0.15) is 5.56 Å². The van der Waals surface area contributed by atoms with Gasteiger partial charge in [-0.05, 0) is 18.1 Å². The summed E-state index contributed by atoms with van der Waals surface area (Å²) in [5.74, 6) is 4.65. The smallest absolute Gasteiger partial charge is 0.248 e. The van der Waals surface area contributed by atoms with Crippen molar-refractivity contribution in [1.29, 1.82) is 0 Å². The van der Waals surface area contributed by atoms with E-state index < -0.39 is 0 Å². The molecule has 102 valence electrons. The summed E-state index contributed by atoms with van der Waals surface area (Å²) < 4.78 is 0. The number of para-hydroxylation sites is 1. The Balaban J connectivity index is 2.22. The van der Waals surface area contributed by atoms with Crippen molar-refractivity contribution < 1.29 is 14.4 Å². The molecule has 6 heteroatoms. The fourth-order valence-corrected chi connectivity index (χ4v) is 2.10. The van der Waals surface area contributed by atoms with Crippen molar-refractivity contribution in [3.63, 3.8) is 0 Å². The summed E-state index contributed by atoms with van der Waals surface area (Å²) >= 11 is 0. The molecule has 1 aliphatic rings. The van der Waals surface area contributed by atoms with E-state index in [0.29, 0.717) is 13.0 Å². The number of hydrogen-bond donors (Lipinski definition) is 1. The van der Waals surface area contributed by atoms with Gasteiger partial charge < -0.3 is 9.74 Å². The molecule has 19 heavy (non-hydrogen) atoms. The Morgan fingerprint density at radius 2 is 1.84 bits per heavy atom. The second-order valence-electron chi connectivity index (χ2n) is 4.45. The molecule has 0 atom stereocenters. The van der Waals surface area contributed by atoms with Crippen molar-refractivity contribution in [2.24, 2.45) is 5.90 Å². The van der Waals surface area contributed by atoms with Crippen LogP contribution in [0.4, 0.5) is 5.69 Å². The number of likely N-dealkylation sites (N-methyl/N-ethyl adjacent to an activating group) is 1. The van der Waals surface area contributed by atoms with Crippen molar-refractivity contribution in [2.45, 2.75) is 6.42 Å². The maximum absolute atomic E-state index is 11.7. The average Bonchev–Trinajstić information content (AvgIpc) is 2.42. The number of anilines is 1. The largest absolute Gasteiger partial charge is 0.353 e. The molecule has 0 aliphatic carbocycles. The zero-order chi connectivity index (χ0) is 13.8. The van der Waals surface area contributed by atoms with Gasteiger partial charge in [0, 0.05) is 12.7 Å². The highest BCUT2D eigenvalue weighted by molar-refractivity contribution is 6.02. The monoisotopic (exact) mass is 263 g/mol. The minimum atomic E-state index is -0.193. The number of piperazine rings is 1. The van der Waals surface area contributed by atoms with Crippen LogP contribution in [-0.2, 0) is 20.8 Å². The maximum atomic E-state index is 11.7. The van der Waals surface area contributed by atoms with Crippen LogP contribution in [0.25, 0.3) is 0 Å². The fraction of sp³-hybridized carbons (Fsp3) is 0.385. The minimum Gasteiger partial charge on any atom is -0.353 e. The number of nitrogens with two attached hydrogens (primary N) is 1. The molecule has 0 saturated carbocycles. The van der Waals surface area contributed by atoms with Gasteiger partial charge >= 0.3 is 0 Å². The van der Waals surface area contributed by atoms with Gasteiger partial charge in [0.15, 0.2) is 0 Å². The van der Waals surface area contributed by atoms with E-state index in [0.717, 1.165) is 11.3 Å². The van der Waals surface area contributed by atoms with E-state index in [1.54, 1.807) is 4.90 Å². The van der Waals surface area contributed by atoms with Crippen molar-refractivity contribution in [1.82, 2.24) is 4.90 Å². The molecule has 0 bridgehead atoms. The lowest BCUT2D eigenvalue weighted by Gasteiger charge is -2.33. The lowest BCUT2D eigenvalue weighted by molar-refractivity contribution is -0.143. The van der Waals surface area contributed by atoms with E-state index in [1.165, 1.54) is 11.9 Å². The van der Waals surface area contributed by atoms with E-state index in [4.69, 9.17) is 5.90 Å². The average molecular weight is 263 g/mol. The number of benzene rings is 1. The second kappa shape index (κ2) is 5.81. The zero-order valence-electron chi connectivity index (χ0n) is 10.8. The Hall–Kier alpha value is -1.92. The highest BCUT2D eigenvalue weighted by Crippen LogP contribution is 2.22. The van der Waals surface area contributed by atoms with Gasteiger partial charge in [0.25, 0.3) is 0 Å². The van der Waals surface area contributed by atoms with Gasteiger partial charge in [-0.3, -0.25) is 14.5 Å². The molecule has 0 radical (unpaired) electrons. The molecule has 2 amide bonds. The highest BCUT2D eigenvalue weighted by atomic mass is 16.6. The molecule has 1 aromatic rings. The van der Waals surface area contributed by atoms with Gasteiger partial charge in [-0.15, -0.1) is 0 Å². The first-order valence-corrected chi connectivity index (χ1v) is 6.07. The molecule has 1 fully saturated rings. The Morgan fingerprint density at radius 1 is 1.21 bits per heavy atom. The van der Waals surface area contributed by atoms with Gasteiger partial charge in [0.2, 0.25) is 11.8 Å². The van der Waals surface area contributed by atoms with E-state index in [1.807, 2.05) is 24.3 Å². The Morgan fingerprint density at radius 3 is 2.47 bits per heavy atom. The van der Waals surface area contributed by atoms with E-state index >= 15 is 0 Å². The predicted molar refractivity (Wildman–Crippen MR) is 70.3 cm³/mol. The van der Waals surface area contributed by atoms with Gasteiger partial charge in [0.05, 0.1) is 19.7 Å². The third kappa shape index (κ3) is 2.91. The van der Waals surface area contributed by atoms with Crippen LogP contribution in [0.2, 0.25) is 0 Å². The van der Waals surface area contributed by atoms with E-state index in [2.05, 4.69) is 4.84 Å². The SMILES string of the molecule is CN1C(=O)CN(c2ccccc2CCON)CC1=O. The molecule has 0 spiro atoms. The number of rotatable bonds is 4. The number of carbonyl (C=O) groups is 2. The first-order valence-electron chi connectivity index (χ1n) is 6.07. The molecule has 1 saturated heterocycles. The summed E-state index contributed by atoms with van der Waals surface area (Å²) in [6.07, 6.45) is 0.640. The lowest BCUT2D eigenvalue weighted by Crippen LogP contribution is -2.52. The highest BCUT2D eigenvalue weighted by Gasteiger charge is 2.28. The molecule has 1 heterocycles. The maximum Gasteiger partial charge on any atom is 0.248 e. The number of amides is 2. The van der Waals surface area contributed by atoms with Crippen LogP contribution in [-0.4, -0.2) is 43.5 Å². The van der Waals surface area contributed by atoms with Gasteiger partial charge in [-0.2, -0.15) is 0 Å². The summed E-state index contributed by atoms with van der Waals surface area (Å²) in [5.41, 5.74) is 1.90. The quantitative estimate of drug-likeness (QED) is 0.607. The van der Waals surface area contributed by atoms with Crippen molar-refractivity contribution in [2.75, 3.05) is 31.6 Å². The fourth-order valence-electron chi connectivity index (χ4n) is 2.10. The summed E-state index contributed by atoms with van der Waals surface area (Å²) in [5, 5.41) is 0. The van der Waals surface area contributed by atoms with Gasteiger partial charge in [-0.25, -0.2) is 5.90 Å². The molecule has 0 unspecified atom stereocenters. The molecule has 1 aromatic carbocycles. The summed E-state index contributed by atoms with van der Waals surface area (Å²) in [4.78, 5) is 31.0. The number of nitrogens with zero attached hydrogens (tertiary/aromatic N) is 2. The minimum absolute atomic E-state index is 0.193. The first-order chi connectivity index (χ1) is 9.13. The lowest BCUT2D eigenvalue weighted by atomic mass is 10.1. The third-order valence-electron chi connectivity index (χ3n) is 3.22. The van der Waals surface area contributed by atoms with Crippen LogP contribution in [0.15, 0.2) is 24.3 Å². The molecule has 2 N–H and O–H groups in total. The number of carbonyl (C=O) groups excluding carboxylic acids is 2. The zero-order valence-corrected chi connectivity index (χ0v) is 10.8. The van der Waals surface area contributed by atoms with Gasteiger partial charge in [0.1, 0.15) is 0 Å². The molecule has 2 rings (SSSR count). The normalized spacial score (nSPS) is 16.1. The summed E-state index contributed by atoms with van der Waals surface area (Å²) in [7, 11) is 1.51. The Labute approximate surface area is 111 Å². The summed E-state index contributed by atoms with van der Waals surface area (Å²) in [6.45, 7) is 0.818. The number of imide groups is 1. The van der Waals surface area contributed by atoms with Crippen LogP contribution in [0.3, 0.4) is 0 Å². The first kappa shape index (κ1) is 13.5. The third-order valence-corrected chi connectivity index (χ3v) is 3.22. The molecular formula is C13H17N3O3. The van der Waals surface area contributed by atoms with Crippen LogP contribution in [0.5, 0.6) is 0 Å². The van der Waals surface area contributed by atoms with Crippen molar-refractivity contribution >= 4 is 17.5 Å². The Bertz CT molecular complexity index is 472. The van der Waals surface area contributed by atoms with Crippen LogP contribution >= 0.6 is 0 Å². The molecule has 0 aromatic heterocycles. The molecule has 6 nitrogen and oxygen atoms in total. The van der Waals surface area contributed by atoms with Crippen LogP contribution < -0.4 is 10.8 Å². The Kier molecular flexibility index (Phi) is 4.13. The standard InChI is InChI=1S/C13H17N3O3/c1-15-12(17)8-16(9-13(15)18)11-5-3-2-4-10(11)6-7-19-14/h2-5H,6-9,14H2,1H3. The molecule has 1 aliphatic heterocycles. The summed E-state index contributed by atoms with van der Waals surface area (Å²) in [6, 6.07) is 7.64. The molecular weight excluding hydrogens is 246 g/mol. The van der Waals surface area contributed by atoms with E-state index in [-0.39, 0.29) is 24.9 Å². The topological polar surface area (TPSA) is 75.9 Å².